The lowest BCUT2D eigenvalue weighted by molar-refractivity contribution is -0.192. The van der Waals surface area contributed by atoms with Gasteiger partial charge in [-0.1, -0.05) is 0 Å². The fourth-order valence-electron chi connectivity index (χ4n) is 1.23. The van der Waals surface area contributed by atoms with Crippen LogP contribution in [0.4, 0.5) is 29.2 Å². The molecular formula is C13H12F4N4O3. The third-order valence-electron chi connectivity index (χ3n) is 2.29. The van der Waals surface area contributed by atoms with Crippen LogP contribution in [0.3, 0.4) is 0 Å². The maximum Gasteiger partial charge on any atom is 0.490 e. The first kappa shape index (κ1) is 18.9. The molecule has 0 atom stereocenters. The molecule has 0 saturated heterocycles. The van der Waals surface area contributed by atoms with E-state index < -0.39 is 18.0 Å². The zero-order chi connectivity index (χ0) is 18.3. The van der Waals surface area contributed by atoms with Crippen molar-refractivity contribution in [1.82, 2.24) is 9.97 Å². The highest BCUT2D eigenvalue weighted by atomic mass is 19.4. The normalized spacial score (nSPS) is 10.4. The topological polar surface area (TPSA) is 110 Å². The van der Waals surface area contributed by atoms with Gasteiger partial charge in [0.1, 0.15) is 11.6 Å². The molecule has 11 heteroatoms. The Kier molecular flexibility index (Phi) is 6.27. The van der Waals surface area contributed by atoms with Crippen molar-refractivity contribution in [2.75, 3.05) is 18.1 Å². The van der Waals surface area contributed by atoms with E-state index in [1.54, 1.807) is 19.3 Å². The number of anilines is 2. The minimum absolute atomic E-state index is 0.0328. The van der Waals surface area contributed by atoms with Crippen molar-refractivity contribution in [1.29, 1.82) is 0 Å². The third kappa shape index (κ3) is 5.94. The van der Waals surface area contributed by atoms with Gasteiger partial charge in [0.2, 0.25) is 11.8 Å². The molecule has 0 aliphatic carbocycles. The van der Waals surface area contributed by atoms with E-state index in [-0.39, 0.29) is 5.69 Å². The van der Waals surface area contributed by atoms with Crippen molar-refractivity contribution in [3.05, 3.63) is 36.3 Å². The molecule has 1 heterocycles. The second kappa shape index (κ2) is 7.94. The number of nitrogen functional groups attached to an aromatic ring is 1. The first-order valence-corrected chi connectivity index (χ1v) is 6.17. The number of benzene rings is 1. The Hall–Kier alpha value is -3.11. The zero-order valence-corrected chi connectivity index (χ0v) is 12.1. The van der Waals surface area contributed by atoms with E-state index in [0.717, 1.165) is 0 Å². The summed E-state index contributed by atoms with van der Waals surface area (Å²) < 4.78 is 50.1. The monoisotopic (exact) mass is 348 g/mol. The number of ether oxygens (including phenoxy) is 1. The molecular weight excluding hydrogens is 336 g/mol. The third-order valence-corrected chi connectivity index (χ3v) is 2.29. The molecule has 0 amide bonds. The predicted octanol–water partition coefficient (Wildman–Crippen LogP) is 2.67. The highest BCUT2D eigenvalue weighted by Crippen LogP contribution is 2.23. The lowest BCUT2D eigenvalue weighted by Crippen LogP contribution is -2.21. The van der Waals surface area contributed by atoms with Crippen LogP contribution in [-0.2, 0) is 4.79 Å². The molecule has 0 saturated carbocycles. The number of nitrogens with zero attached hydrogens (tertiary/aromatic N) is 2. The van der Waals surface area contributed by atoms with Crippen LogP contribution < -0.4 is 15.8 Å². The van der Waals surface area contributed by atoms with Crippen LogP contribution in [0, 0.1) is 5.82 Å². The SMILES string of the molecule is CNc1nccc(Oc2ccc(F)c(N)c2)n1.O=C(O)C(F)(F)F. The van der Waals surface area contributed by atoms with Gasteiger partial charge in [0.05, 0.1) is 5.69 Å². The van der Waals surface area contributed by atoms with Crippen molar-refractivity contribution in [3.8, 4) is 11.6 Å². The van der Waals surface area contributed by atoms with E-state index in [2.05, 4.69) is 15.3 Å². The summed E-state index contributed by atoms with van der Waals surface area (Å²) in [5.74, 6) is -2.01. The van der Waals surface area contributed by atoms with Crippen LogP contribution in [0.25, 0.3) is 0 Å². The predicted molar refractivity (Wildman–Crippen MR) is 76.2 cm³/mol. The summed E-state index contributed by atoms with van der Waals surface area (Å²) in [4.78, 5) is 16.9. The number of aliphatic carboxylic acids is 1. The first-order chi connectivity index (χ1) is 11.1. The molecule has 0 bridgehead atoms. The number of nitrogens with two attached hydrogens (primary N) is 1. The van der Waals surface area contributed by atoms with Gasteiger partial charge in [-0.2, -0.15) is 18.2 Å². The molecule has 24 heavy (non-hydrogen) atoms. The molecule has 0 spiro atoms. The molecule has 4 N–H and O–H groups in total. The molecule has 0 aliphatic rings. The smallest absolute Gasteiger partial charge is 0.475 e. The van der Waals surface area contributed by atoms with Crippen molar-refractivity contribution in [2.45, 2.75) is 6.18 Å². The fraction of sp³-hybridized carbons (Fsp3) is 0.154. The van der Waals surface area contributed by atoms with E-state index in [0.29, 0.717) is 17.6 Å². The van der Waals surface area contributed by atoms with Gasteiger partial charge in [-0.15, -0.1) is 0 Å². The Morgan fingerprint density at radius 3 is 2.46 bits per heavy atom. The first-order valence-electron chi connectivity index (χ1n) is 6.17. The number of hydrogen-bond acceptors (Lipinski definition) is 6. The number of carboxylic acids is 1. The standard InChI is InChI=1S/C11H11FN4O.C2HF3O2/c1-14-11-15-5-4-10(16-11)17-7-2-3-8(12)9(13)6-7;3-2(4,5)1(6)7/h2-6H,13H2,1H3,(H,14,15,16);(H,6,7). The van der Waals surface area contributed by atoms with Crippen LogP contribution in [0.15, 0.2) is 30.5 Å². The van der Waals surface area contributed by atoms with E-state index in [4.69, 9.17) is 20.4 Å². The second-order valence-corrected chi connectivity index (χ2v) is 4.06. The van der Waals surface area contributed by atoms with E-state index in [9.17, 15) is 17.6 Å². The summed E-state index contributed by atoms with van der Waals surface area (Å²) in [6.45, 7) is 0. The summed E-state index contributed by atoms with van der Waals surface area (Å²) in [6.07, 6.45) is -3.53. The molecule has 130 valence electrons. The summed E-state index contributed by atoms with van der Waals surface area (Å²) in [5.41, 5.74) is 5.46. The van der Waals surface area contributed by atoms with Crippen molar-refractivity contribution < 1.29 is 32.2 Å². The van der Waals surface area contributed by atoms with Crippen LogP contribution in [0.1, 0.15) is 0 Å². The minimum atomic E-state index is -5.08. The molecule has 0 unspecified atom stereocenters. The van der Waals surface area contributed by atoms with E-state index >= 15 is 0 Å². The highest BCUT2D eigenvalue weighted by Gasteiger charge is 2.38. The average Bonchev–Trinajstić information content (AvgIpc) is 2.51. The van der Waals surface area contributed by atoms with Crippen LogP contribution in [0.2, 0.25) is 0 Å². The molecule has 1 aromatic heterocycles. The number of hydrogen-bond donors (Lipinski definition) is 3. The number of carboxylic acid groups (broad SMARTS) is 1. The Bertz CT molecular complexity index is 710. The number of alkyl halides is 3. The number of aromatic nitrogens is 2. The zero-order valence-electron chi connectivity index (χ0n) is 12.1. The minimum Gasteiger partial charge on any atom is -0.475 e. The summed E-state index contributed by atoms with van der Waals surface area (Å²) in [6, 6.07) is 5.72. The number of rotatable bonds is 3. The van der Waals surface area contributed by atoms with Gasteiger partial charge in [0, 0.05) is 25.4 Å². The number of carbonyl (C=O) groups is 1. The van der Waals surface area contributed by atoms with Crippen molar-refractivity contribution in [3.63, 3.8) is 0 Å². The number of nitrogens with one attached hydrogen (secondary N) is 1. The summed E-state index contributed by atoms with van der Waals surface area (Å²) >= 11 is 0. The molecule has 7 nitrogen and oxygen atoms in total. The van der Waals surface area contributed by atoms with Gasteiger partial charge in [0.25, 0.3) is 0 Å². The lowest BCUT2D eigenvalue weighted by Gasteiger charge is -2.06. The van der Waals surface area contributed by atoms with Crippen LogP contribution >= 0.6 is 0 Å². The maximum atomic E-state index is 12.9. The van der Waals surface area contributed by atoms with Crippen molar-refractivity contribution >= 4 is 17.6 Å². The van der Waals surface area contributed by atoms with Gasteiger partial charge >= 0.3 is 12.1 Å². The Balaban J connectivity index is 0.000000351. The Morgan fingerprint density at radius 2 is 1.96 bits per heavy atom. The molecule has 0 fully saturated rings. The molecule has 2 aromatic rings. The van der Waals surface area contributed by atoms with Gasteiger partial charge in [0.15, 0.2) is 0 Å². The van der Waals surface area contributed by atoms with Gasteiger partial charge in [-0.05, 0) is 12.1 Å². The van der Waals surface area contributed by atoms with E-state index in [1.165, 1.54) is 18.2 Å². The van der Waals surface area contributed by atoms with Gasteiger partial charge < -0.3 is 20.9 Å². The highest BCUT2D eigenvalue weighted by molar-refractivity contribution is 5.73. The Labute approximate surface area is 133 Å². The van der Waals surface area contributed by atoms with Gasteiger partial charge in [-0.3, -0.25) is 0 Å². The van der Waals surface area contributed by atoms with Crippen LogP contribution in [0.5, 0.6) is 11.6 Å². The molecule has 1 aromatic carbocycles. The van der Waals surface area contributed by atoms with E-state index in [1.807, 2.05) is 0 Å². The molecule has 2 rings (SSSR count). The number of halogens is 4. The fourth-order valence-corrected chi connectivity index (χ4v) is 1.23. The quantitative estimate of drug-likeness (QED) is 0.578. The maximum absolute atomic E-state index is 12.9. The lowest BCUT2D eigenvalue weighted by atomic mass is 10.3. The Morgan fingerprint density at radius 1 is 1.33 bits per heavy atom. The second-order valence-electron chi connectivity index (χ2n) is 4.06. The summed E-state index contributed by atoms with van der Waals surface area (Å²) in [5, 5.41) is 9.91. The largest absolute Gasteiger partial charge is 0.490 e. The average molecular weight is 348 g/mol. The molecule has 0 radical (unpaired) electrons. The molecule has 0 aliphatic heterocycles. The van der Waals surface area contributed by atoms with Gasteiger partial charge in [-0.25, -0.2) is 14.2 Å². The summed E-state index contributed by atoms with van der Waals surface area (Å²) in [7, 11) is 1.70. The van der Waals surface area contributed by atoms with Crippen molar-refractivity contribution in [2.24, 2.45) is 0 Å². The van der Waals surface area contributed by atoms with Crippen LogP contribution in [-0.4, -0.2) is 34.3 Å².